The molecule has 0 aliphatic rings. The number of carbonyl (C=O) groups excluding carboxylic acids is 1. The SMILES string of the molecule is CC(C)=CC(=O)Nc1cscc1C(=O)O. The molecular weight excluding hydrogens is 214 g/mol. The average molecular weight is 225 g/mol. The number of anilines is 1. The van der Waals surface area contributed by atoms with Gasteiger partial charge in [0.1, 0.15) is 0 Å². The molecule has 1 rings (SSSR count). The van der Waals surface area contributed by atoms with E-state index in [1.807, 2.05) is 0 Å². The van der Waals surface area contributed by atoms with Crippen molar-refractivity contribution in [1.82, 2.24) is 0 Å². The highest BCUT2D eigenvalue weighted by atomic mass is 32.1. The van der Waals surface area contributed by atoms with E-state index < -0.39 is 5.97 Å². The fourth-order valence-electron chi connectivity index (χ4n) is 0.990. The van der Waals surface area contributed by atoms with Crippen molar-refractivity contribution >= 4 is 28.9 Å². The zero-order valence-electron chi connectivity index (χ0n) is 8.40. The number of amides is 1. The van der Waals surface area contributed by atoms with Gasteiger partial charge in [-0.25, -0.2) is 4.79 Å². The van der Waals surface area contributed by atoms with Crippen LogP contribution in [-0.2, 0) is 4.79 Å². The van der Waals surface area contributed by atoms with Gasteiger partial charge in [-0.3, -0.25) is 4.79 Å². The minimum Gasteiger partial charge on any atom is -0.478 e. The molecule has 0 unspecified atom stereocenters. The molecule has 4 nitrogen and oxygen atoms in total. The largest absolute Gasteiger partial charge is 0.478 e. The van der Waals surface area contributed by atoms with E-state index in [4.69, 9.17) is 5.11 Å². The first kappa shape index (κ1) is 11.5. The summed E-state index contributed by atoms with van der Waals surface area (Å²) in [6.07, 6.45) is 1.42. The van der Waals surface area contributed by atoms with Gasteiger partial charge in [0.05, 0.1) is 11.3 Å². The second-order valence-corrected chi connectivity index (χ2v) is 3.96. The predicted molar refractivity (Wildman–Crippen MR) is 59.3 cm³/mol. The molecule has 0 aromatic carbocycles. The van der Waals surface area contributed by atoms with Gasteiger partial charge in [-0.1, -0.05) is 5.57 Å². The molecule has 80 valence electrons. The number of rotatable bonds is 3. The number of nitrogens with one attached hydrogen (secondary N) is 1. The maximum atomic E-state index is 11.3. The average Bonchev–Trinajstić information content (AvgIpc) is 2.50. The van der Waals surface area contributed by atoms with E-state index in [1.165, 1.54) is 22.8 Å². The minimum absolute atomic E-state index is 0.121. The van der Waals surface area contributed by atoms with E-state index in [1.54, 1.807) is 19.2 Å². The third kappa shape index (κ3) is 3.21. The number of thiophene rings is 1. The molecule has 0 saturated heterocycles. The first-order chi connectivity index (χ1) is 7.00. The van der Waals surface area contributed by atoms with Gasteiger partial charge >= 0.3 is 5.97 Å². The Morgan fingerprint density at radius 2 is 2.07 bits per heavy atom. The third-order valence-electron chi connectivity index (χ3n) is 1.57. The monoisotopic (exact) mass is 225 g/mol. The first-order valence-electron chi connectivity index (χ1n) is 4.26. The van der Waals surface area contributed by atoms with Crippen molar-refractivity contribution < 1.29 is 14.7 Å². The van der Waals surface area contributed by atoms with Gasteiger partial charge in [-0.2, -0.15) is 0 Å². The summed E-state index contributed by atoms with van der Waals surface area (Å²) >= 11 is 1.24. The van der Waals surface area contributed by atoms with E-state index in [0.29, 0.717) is 5.69 Å². The number of carboxylic acids is 1. The number of hydrogen-bond donors (Lipinski definition) is 2. The summed E-state index contributed by atoms with van der Waals surface area (Å²) in [5.41, 5.74) is 1.32. The Morgan fingerprint density at radius 1 is 1.40 bits per heavy atom. The topological polar surface area (TPSA) is 66.4 Å². The summed E-state index contributed by atoms with van der Waals surface area (Å²) in [5.74, 6) is -1.35. The number of hydrogen-bond acceptors (Lipinski definition) is 3. The van der Waals surface area contributed by atoms with Crippen molar-refractivity contribution in [3.05, 3.63) is 28.0 Å². The minimum atomic E-state index is -1.04. The summed E-state index contributed by atoms with van der Waals surface area (Å²) in [6, 6.07) is 0. The molecule has 1 heterocycles. The van der Waals surface area contributed by atoms with Crippen molar-refractivity contribution in [3.8, 4) is 0 Å². The van der Waals surface area contributed by atoms with Crippen molar-refractivity contribution in [2.45, 2.75) is 13.8 Å². The highest BCUT2D eigenvalue weighted by Gasteiger charge is 2.12. The van der Waals surface area contributed by atoms with Crippen LogP contribution >= 0.6 is 11.3 Å². The number of carbonyl (C=O) groups is 2. The lowest BCUT2D eigenvalue weighted by molar-refractivity contribution is -0.111. The highest BCUT2D eigenvalue weighted by molar-refractivity contribution is 7.08. The van der Waals surface area contributed by atoms with Crippen LogP contribution in [0, 0.1) is 0 Å². The second-order valence-electron chi connectivity index (χ2n) is 3.22. The summed E-state index contributed by atoms with van der Waals surface area (Å²) < 4.78 is 0. The first-order valence-corrected chi connectivity index (χ1v) is 5.20. The van der Waals surface area contributed by atoms with Crippen molar-refractivity contribution in [1.29, 1.82) is 0 Å². The highest BCUT2D eigenvalue weighted by Crippen LogP contribution is 2.20. The van der Waals surface area contributed by atoms with Crippen LogP contribution in [0.4, 0.5) is 5.69 Å². The molecular formula is C10H11NO3S. The Kier molecular flexibility index (Phi) is 3.62. The van der Waals surface area contributed by atoms with E-state index in [0.717, 1.165) is 5.57 Å². The summed E-state index contributed by atoms with van der Waals surface area (Å²) in [6.45, 7) is 3.59. The van der Waals surface area contributed by atoms with Crippen LogP contribution in [0.2, 0.25) is 0 Å². The molecule has 0 radical (unpaired) electrons. The van der Waals surface area contributed by atoms with Crippen LogP contribution in [0.15, 0.2) is 22.4 Å². The van der Waals surface area contributed by atoms with Crippen LogP contribution in [0.3, 0.4) is 0 Å². The normalized spacial score (nSPS) is 9.47. The lowest BCUT2D eigenvalue weighted by Gasteiger charge is -2.00. The van der Waals surface area contributed by atoms with Crippen LogP contribution in [-0.4, -0.2) is 17.0 Å². The van der Waals surface area contributed by atoms with Gasteiger partial charge < -0.3 is 10.4 Å². The molecule has 0 saturated carbocycles. The van der Waals surface area contributed by atoms with E-state index in [9.17, 15) is 9.59 Å². The molecule has 15 heavy (non-hydrogen) atoms. The number of aromatic carboxylic acids is 1. The Bertz CT molecular complexity index is 416. The summed E-state index contributed by atoms with van der Waals surface area (Å²) in [5, 5.41) is 14.4. The quantitative estimate of drug-likeness (QED) is 0.776. The van der Waals surface area contributed by atoms with Crippen molar-refractivity contribution in [2.24, 2.45) is 0 Å². The molecule has 2 N–H and O–H groups in total. The van der Waals surface area contributed by atoms with E-state index in [2.05, 4.69) is 5.32 Å². The van der Waals surface area contributed by atoms with Gasteiger partial charge in [0.2, 0.25) is 5.91 Å². The molecule has 0 atom stereocenters. The van der Waals surface area contributed by atoms with Gasteiger partial charge in [0.15, 0.2) is 0 Å². The molecule has 0 aliphatic heterocycles. The third-order valence-corrected chi connectivity index (χ3v) is 2.31. The lowest BCUT2D eigenvalue weighted by atomic mass is 10.2. The fourth-order valence-corrected chi connectivity index (χ4v) is 1.74. The fraction of sp³-hybridized carbons (Fsp3) is 0.200. The molecule has 5 heteroatoms. The van der Waals surface area contributed by atoms with Crippen LogP contribution in [0.5, 0.6) is 0 Å². The Balaban J connectivity index is 2.81. The maximum Gasteiger partial charge on any atom is 0.338 e. The Hall–Kier alpha value is -1.62. The van der Waals surface area contributed by atoms with E-state index in [-0.39, 0.29) is 11.5 Å². The lowest BCUT2D eigenvalue weighted by Crippen LogP contribution is -2.10. The van der Waals surface area contributed by atoms with Gasteiger partial charge in [0, 0.05) is 16.8 Å². The predicted octanol–water partition coefficient (Wildman–Crippen LogP) is 2.35. The molecule has 0 spiro atoms. The smallest absolute Gasteiger partial charge is 0.338 e. The zero-order valence-corrected chi connectivity index (χ0v) is 9.22. The maximum absolute atomic E-state index is 11.3. The zero-order chi connectivity index (χ0) is 11.4. The summed E-state index contributed by atoms with van der Waals surface area (Å²) in [7, 11) is 0. The molecule has 1 aromatic heterocycles. The number of allylic oxidation sites excluding steroid dienone is 1. The second kappa shape index (κ2) is 4.75. The Morgan fingerprint density at radius 3 is 2.60 bits per heavy atom. The van der Waals surface area contributed by atoms with Crippen LogP contribution in [0.1, 0.15) is 24.2 Å². The van der Waals surface area contributed by atoms with Crippen molar-refractivity contribution in [2.75, 3.05) is 5.32 Å². The molecule has 0 fully saturated rings. The summed E-state index contributed by atoms with van der Waals surface area (Å²) in [4.78, 5) is 22.0. The van der Waals surface area contributed by atoms with Gasteiger partial charge in [0.25, 0.3) is 0 Å². The van der Waals surface area contributed by atoms with Crippen LogP contribution < -0.4 is 5.32 Å². The molecule has 0 bridgehead atoms. The molecule has 1 amide bonds. The van der Waals surface area contributed by atoms with E-state index >= 15 is 0 Å². The molecule has 1 aromatic rings. The van der Waals surface area contributed by atoms with Gasteiger partial charge in [-0.05, 0) is 13.8 Å². The van der Waals surface area contributed by atoms with Crippen molar-refractivity contribution in [3.63, 3.8) is 0 Å². The van der Waals surface area contributed by atoms with Crippen LogP contribution in [0.25, 0.3) is 0 Å². The van der Waals surface area contributed by atoms with Gasteiger partial charge in [-0.15, -0.1) is 11.3 Å². The Labute approximate surface area is 91.2 Å². The number of carboxylic acid groups (broad SMARTS) is 1. The standard InChI is InChI=1S/C10H11NO3S/c1-6(2)3-9(12)11-8-5-15-4-7(8)10(13)14/h3-5H,1-2H3,(H,11,12)(H,13,14). The molecule has 0 aliphatic carbocycles.